The normalized spacial score (nSPS) is 43.0. The Morgan fingerprint density at radius 1 is 1.15 bits per heavy atom. The first kappa shape index (κ1) is 19.0. The van der Waals surface area contributed by atoms with Gasteiger partial charge in [-0.25, -0.2) is 4.79 Å². The number of primary amides is 1. The summed E-state index contributed by atoms with van der Waals surface area (Å²) in [7, 11) is 0. The lowest BCUT2D eigenvalue weighted by Crippen LogP contribution is -2.59. The first-order valence-corrected chi connectivity index (χ1v) is 10.7. The minimum atomic E-state index is -0.431. The summed E-state index contributed by atoms with van der Waals surface area (Å²) in [6.07, 6.45) is 9.27. The Hall–Kier alpha value is -1.30. The fourth-order valence-electron chi connectivity index (χ4n) is 7.48. The molecule has 3 atom stereocenters. The molecular weight excluding hydrogens is 342 g/mol. The van der Waals surface area contributed by atoms with Gasteiger partial charge in [-0.1, -0.05) is 13.8 Å². The molecule has 6 heteroatoms. The molecule has 4 bridgehead atoms. The topological polar surface area (TPSA) is 84.7 Å². The maximum atomic E-state index is 12.4. The lowest BCUT2D eigenvalue weighted by atomic mass is 9.43. The highest BCUT2D eigenvalue weighted by atomic mass is 16.5. The summed E-state index contributed by atoms with van der Waals surface area (Å²) < 4.78 is 6.47. The number of rotatable bonds is 5. The number of piperidine rings is 1. The van der Waals surface area contributed by atoms with Gasteiger partial charge < -0.3 is 20.7 Å². The van der Waals surface area contributed by atoms with Crippen LogP contribution in [-0.4, -0.2) is 48.7 Å². The molecule has 27 heavy (non-hydrogen) atoms. The number of carbonyl (C=O) groups is 2. The van der Waals surface area contributed by atoms with Gasteiger partial charge in [0, 0.05) is 19.6 Å². The maximum Gasteiger partial charge on any atom is 0.314 e. The fourth-order valence-corrected chi connectivity index (χ4v) is 7.48. The Kier molecular flexibility index (Phi) is 4.68. The number of nitrogens with zero attached hydrogens (tertiary/aromatic N) is 1. The molecular formula is C21H35N3O3. The average molecular weight is 378 g/mol. The van der Waals surface area contributed by atoms with Crippen LogP contribution in [0, 0.1) is 22.7 Å². The Bertz CT molecular complexity index is 604. The third-order valence-electron chi connectivity index (χ3n) is 7.49. The van der Waals surface area contributed by atoms with Crippen molar-refractivity contribution in [2.45, 2.75) is 70.8 Å². The second kappa shape index (κ2) is 6.64. The van der Waals surface area contributed by atoms with Crippen LogP contribution < -0.4 is 11.1 Å². The zero-order chi connectivity index (χ0) is 19.3. The van der Waals surface area contributed by atoms with Crippen molar-refractivity contribution in [2.24, 2.45) is 28.4 Å². The van der Waals surface area contributed by atoms with Crippen LogP contribution in [0.1, 0.15) is 65.2 Å². The van der Waals surface area contributed by atoms with Gasteiger partial charge in [0.2, 0.25) is 5.91 Å². The second-order valence-electron chi connectivity index (χ2n) is 10.6. The quantitative estimate of drug-likeness (QED) is 0.723. The molecule has 0 aromatic heterocycles. The summed E-state index contributed by atoms with van der Waals surface area (Å²) in [5.74, 6) is 0.686. The van der Waals surface area contributed by atoms with Gasteiger partial charge in [-0.05, 0) is 68.1 Å². The number of nitrogens with one attached hydrogen (secondary N) is 1. The predicted molar refractivity (Wildman–Crippen MR) is 103 cm³/mol. The zero-order valence-electron chi connectivity index (χ0n) is 16.9. The Balaban J connectivity index is 1.26. The maximum absolute atomic E-state index is 12.4. The number of hydrogen-bond donors (Lipinski definition) is 2. The molecule has 5 rings (SSSR count). The smallest absolute Gasteiger partial charge is 0.314 e. The predicted octanol–water partition coefficient (Wildman–Crippen LogP) is 2.66. The number of carbonyl (C=O) groups excluding carboxylic acids is 2. The summed E-state index contributed by atoms with van der Waals surface area (Å²) in [5.41, 5.74) is 6.27. The standard InChI is InChI=1S/C21H35N3O3/c1-19-8-15-9-20(2,12-19)14-21(10-15,13-19)27-7-5-23-17(25)16-4-3-6-24(11-16)18(22)26/h15-16H,3-14H2,1-2H3,(H2,22,26)(H,23,25). The molecule has 6 nitrogen and oxygen atoms in total. The molecule has 0 radical (unpaired) electrons. The fraction of sp³-hybridized carbons (Fsp3) is 0.905. The Morgan fingerprint density at radius 3 is 2.48 bits per heavy atom. The molecule has 1 aliphatic heterocycles. The van der Waals surface area contributed by atoms with Crippen molar-refractivity contribution in [1.82, 2.24) is 10.2 Å². The van der Waals surface area contributed by atoms with Crippen molar-refractivity contribution in [3.8, 4) is 0 Å². The summed E-state index contributed by atoms with van der Waals surface area (Å²) in [6, 6.07) is -0.431. The number of urea groups is 1. The molecule has 0 spiro atoms. The summed E-state index contributed by atoms with van der Waals surface area (Å²) in [6.45, 7) is 7.11. The van der Waals surface area contributed by atoms with Crippen LogP contribution in [-0.2, 0) is 9.53 Å². The van der Waals surface area contributed by atoms with Gasteiger partial charge in [-0.3, -0.25) is 4.79 Å². The largest absolute Gasteiger partial charge is 0.373 e. The minimum Gasteiger partial charge on any atom is -0.373 e. The highest BCUT2D eigenvalue weighted by Gasteiger charge is 2.60. The van der Waals surface area contributed by atoms with E-state index in [2.05, 4.69) is 19.2 Å². The third-order valence-corrected chi connectivity index (χ3v) is 7.49. The van der Waals surface area contributed by atoms with E-state index in [1.54, 1.807) is 4.90 Å². The summed E-state index contributed by atoms with van der Waals surface area (Å²) in [4.78, 5) is 25.4. The molecule has 152 valence electrons. The van der Waals surface area contributed by atoms with E-state index in [9.17, 15) is 9.59 Å². The molecule has 4 aliphatic carbocycles. The van der Waals surface area contributed by atoms with E-state index in [4.69, 9.17) is 10.5 Å². The van der Waals surface area contributed by atoms with Crippen LogP contribution >= 0.6 is 0 Å². The highest BCUT2D eigenvalue weighted by molar-refractivity contribution is 5.80. The van der Waals surface area contributed by atoms with Crippen molar-refractivity contribution < 1.29 is 14.3 Å². The van der Waals surface area contributed by atoms with E-state index in [0.717, 1.165) is 18.8 Å². The van der Waals surface area contributed by atoms with E-state index >= 15 is 0 Å². The molecule has 0 aromatic rings. The van der Waals surface area contributed by atoms with Gasteiger partial charge in [0.25, 0.3) is 0 Å². The Morgan fingerprint density at radius 2 is 1.85 bits per heavy atom. The summed E-state index contributed by atoms with van der Waals surface area (Å²) in [5, 5.41) is 3.02. The Labute approximate surface area is 162 Å². The summed E-state index contributed by atoms with van der Waals surface area (Å²) >= 11 is 0. The van der Waals surface area contributed by atoms with Gasteiger partial charge in [-0.15, -0.1) is 0 Å². The third kappa shape index (κ3) is 3.82. The van der Waals surface area contributed by atoms with Crippen molar-refractivity contribution in [1.29, 1.82) is 0 Å². The van der Waals surface area contributed by atoms with Crippen LogP contribution in [0.4, 0.5) is 4.79 Å². The minimum absolute atomic E-state index is 0.0222. The first-order chi connectivity index (χ1) is 12.7. The van der Waals surface area contributed by atoms with Crippen molar-refractivity contribution in [3.63, 3.8) is 0 Å². The molecule has 1 saturated heterocycles. The monoisotopic (exact) mass is 377 g/mol. The highest BCUT2D eigenvalue weighted by Crippen LogP contribution is 2.67. The van der Waals surface area contributed by atoms with Gasteiger partial charge in [-0.2, -0.15) is 0 Å². The first-order valence-electron chi connectivity index (χ1n) is 10.7. The lowest BCUT2D eigenvalue weighted by Gasteiger charge is -2.65. The van der Waals surface area contributed by atoms with Crippen LogP contribution in [0.15, 0.2) is 0 Å². The van der Waals surface area contributed by atoms with E-state index in [0.29, 0.717) is 37.1 Å². The molecule has 3 amide bonds. The van der Waals surface area contributed by atoms with Crippen LogP contribution in [0.5, 0.6) is 0 Å². The van der Waals surface area contributed by atoms with Crippen LogP contribution in [0.2, 0.25) is 0 Å². The van der Waals surface area contributed by atoms with E-state index in [-0.39, 0.29) is 17.4 Å². The van der Waals surface area contributed by atoms with Crippen LogP contribution in [0.25, 0.3) is 0 Å². The van der Waals surface area contributed by atoms with E-state index in [1.807, 2.05) is 0 Å². The van der Waals surface area contributed by atoms with Gasteiger partial charge in [0.15, 0.2) is 0 Å². The molecule has 5 fully saturated rings. The van der Waals surface area contributed by atoms with Crippen molar-refractivity contribution in [2.75, 3.05) is 26.2 Å². The SMILES string of the molecule is CC12CC3CC(C)(C1)CC(OCCNC(=O)C1CCCN(C(N)=O)C1)(C3)C2. The number of nitrogens with two attached hydrogens (primary N) is 1. The average Bonchev–Trinajstić information content (AvgIpc) is 2.55. The van der Waals surface area contributed by atoms with Gasteiger partial charge >= 0.3 is 6.03 Å². The number of amides is 3. The van der Waals surface area contributed by atoms with E-state index < -0.39 is 6.03 Å². The molecule has 5 aliphatic rings. The van der Waals surface area contributed by atoms with Gasteiger partial charge in [0.05, 0.1) is 18.1 Å². The van der Waals surface area contributed by atoms with Crippen molar-refractivity contribution >= 4 is 11.9 Å². The lowest BCUT2D eigenvalue weighted by molar-refractivity contribution is -0.213. The molecule has 1 heterocycles. The zero-order valence-corrected chi connectivity index (χ0v) is 16.9. The number of ether oxygens (including phenoxy) is 1. The molecule has 4 saturated carbocycles. The second-order valence-corrected chi connectivity index (χ2v) is 10.6. The van der Waals surface area contributed by atoms with E-state index in [1.165, 1.54) is 38.5 Å². The molecule has 3 N–H and O–H groups in total. The number of likely N-dealkylation sites (tertiary alicyclic amines) is 1. The van der Waals surface area contributed by atoms with Gasteiger partial charge in [0.1, 0.15) is 0 Å². The van der Waals surface area contributed by atoms with Crippen LogP contribution in [0.3, 0.4) is 0 Å². The number of hydrogen-bond acceptors (Lipinski definition) is 3. The molecule has 3 unspecified atom stereocenters. The van der Waals surface area contributed by atoms with Crippen molar-refractivity contribution in [3.05, 3.63) is 0 Å². The molecule has 0 aromatic carbocycles.